The normalized spacial score (nSPS) is 11.0. The number of pyridine rings is 1. The van der Waals surface area contributed by atoms with Gasteiger partial charge >= 0.3 is 0 Å². The molecule has 138 valence electrons. The van der Waals surface area contributed by atoms with Crippen molar-refractivity contribution in [2.45, 2.75) is 4.90 Å². The monoisotopic (exact) mass is 405 g/mol. The second-order valence-corrected chi connectivity index (χ2v) is 7.49. The number of nitrogens with one attached hydrogen (secondary N) is 2. The Bertz CT molecular complexity index is 1090. The number of rotatable bonds is 5. The molecule has 0 saturated heterocycles. The van der Waals surface area contributed by atoms with E-state index in [2.05, 4.69) is 15.0 Å². The van der Waals surface area contributed by atoms with Crippen LogP contribution in [0.15, 0.2) is 71.9 Å². The molecule has 1 aromatic heterocycles. The van der Waals surface area contributed by atoms with Crippen LogP contribution in [0.25, 0.3) is 0 Å². The molecule has 0 spiro atoms. The van der Waals surface area contributed by atoms with Crippen molar-refractivity contribution < 1.29 is 17.6 Å². The molecule has 0 bridgehead atoms. The maximum atomic E-state index is 14.0. The van der Waals surface area contributed by atoms with Gasteiger partial charge in [-0.15, -0.1) is 0 Å². The molecule has 0 unspecified atom stereocenters. The van der Waals surface area contributed by atoms with Gasteiger partial charge in [-0.05, 0) is 42.5 Å². The number of halogens is 2. The Morgan fingerprint density at radius 3 is 2.44 bits per heavy atom. The Morgan fingerprint density at radius 1 is 1.00 bits per heavy atom. The van der Waals surface area contributed by atoms with E-state index in [1.165, 1.54) is 48.8 Å². The fraction of sp³-hybridized carbons (Fsp3) is 0. The van der Waals surface area contributed by atoms with Gasteiger partial charge in [-0.3, -0.25) is 14.5 Å². The minimum Gasteiger partial charge on any atom is -0.322 e. The molecule has 3 aromatic rings. The summed E-state index contributed by atoms with van der Waals surface area (Å²) in [6, 6.07) is 12.7. The van der Waals surface area contributed by atoms with Crippen LogP contribution in [0.5, 0.6) is 0 Å². The first-order valence-corrected chi connectivity index (χ1v) is 9.51. The lowest BCUT2D eigenvalue weighted by Gasteiger charge is -2.11. The van der Waals surface area contributed by atoms with Crippen LogP contribution in [-0.2, 0) is 10.0 Å². The summed E-state index contributed by atoms with van der Waals surface area (Å²) in [5.74, 6) is -1.48. The number of aromatic nitrogens is 1. The molecular formula is C18H13ClFN3O3S. The molecule has 1 heterocycles. The Hall–Kier alpha value is -2.97. The third kappa shape index (κ3) is 4.42. The van der Waals surface area contributed by atoms with E-state index in [4.69, 9.17) is 11.6 Å². The molecule has 0 fully saturated rings. The van der Waals surface area contributed by atoms with Gasteiger partial charge in [0.25, 0.3) is 15.9 Å². The molecule has 0 saturated carbocycles. The third-order valence-corrected chi connectivity index (χ3v) is 5.21. The number of carbonyl (C=O) groups is 1. The quantitative estimate of drug-likeness (QED) is 0.673. The summed E-state index contributed by atoms with van der Waals surface area (Å²) >= 11 is 5.64. The van der Waals surface area contributed by atoms with Crippen LogP contribution < -0.4 is 10.0 Å². The third-order valence-electron chi connectivity index (χ3n) is 3.52. The van der Waals surface area contributed by atoms with Crippen LogP contribution in [0.2, 0.25) is 5.02 Å². The molecule has 0 aliphatic carbocycles. The van der Waals surface area contributed by atoms with Crippen molar-refractivity contribution in [2.75, 3.05) is 10.0 Å². The molecule has 3 rings (SSSR count). The van der Waals surface area contributed by atoms with Gasteiger partial charge in [-0.25, -0.2) is 12.8 Å². The van der Waals surface area contributed by atoms with Gasteiger partial charge in [0, 0.05) is 29.3 Å². The lowest BCUT2D eigenvalue weighted by molar-refractivity contribution is 0.102. The number of nitrogens with zero attached hydrogens (tertiary/aromatic N) is 1. The number of anilines is 2. The number of carbonyl (C=O) groups excluding carboxylic acids is 1. The molecule has 9 heteroatoms. The largest absolute Gasteiger partial charge is 0.322 e. The fourth-order valence-electron chi connectivity index (χ4n) is 2.26. The van der Waals surface area contributed by atoms with Gasteiger partial charge in [-0.2, -0.15) is 0 Å². The highest BCUT2D eigenvalue weighted by molar-refractivity contribution is 7.92. The molecule has 0 radical (unpaired) electrons. The summed E-state index contributed by atoms with van der Waals surface area (Å²) in [6.07, 6.45) is 3.05. The van der Waals surface area contributed by atoms with E-state index in [0.29, 0.717) is 5.69 Å². The standard InChI is InChI=1S/C18H13ClFN3O3S/c19-15-5-2-6-16(17(15)20)27(25,26)23-14-4-1-3-12(11-14)18(24)22-13-7-9-21-10-8-13/h1-11,23H,(H,21,22,24). The highest BCUT2D eigenvalue weighted by Gasteiger charge is 2.21. The van der Waals surface area contributed by atoms with Crippen molar-refractivity contribution in [3.8, 4) is 0 Å². The second kappa shape index (κ2) is 7.73. The van der Waals surface area contributed by atoms with Crippen molar-refractivity contribution in [1.29, 1.82) is 0 Å². The highest BCUT2D eigenvalue weighted by Crippen LogP contribution is 2.24. The zero-order valence-electron chi connectivity index (χ0n) is 13.7. The van der Waals surface area contributed by atoms with Crippen LogP contribution in [0, 0.1) is 5.82 Å². The van der Waals surface area contributed by atoms with Crippen molar-refractivity contribution in [1.82, 2.24) is 4.98 Å². The lowest BCUT2D eigenvalue weighted by Crippen LogP contribution is -2.16. The first-order valence-electron chi connectivity index (χ1n) is 7.65. The molecule has 6 nitrogen and oxygen atoms in total. The summed E-state index contributed by atoms with van der Waals surface area (Å²) in [7, 11) is -4.22. The first-order chi connectivity index (χ1) is 12.9. The van der Waals surface area contributed by atoms with Crippen molar-refractivity contribution in [3.05, 3.63) is 83.4 Å². The predicted octanol–water partition coefficient (Wildman–Crippen LogP) is 3.93. The smallest absolute Gasteiger partial charge is 0.264 e. The average Bonchev–Trinajstić information content (AvgIpc) is 2.64. The summed E-state index contributed by atoms with van der Waals surface area (Å²) in [6.45, 7) is 0. The molecule has 2 aromatic carbocycles. The van der Waals surface area contributed by atoms with Gasteiger partial charge < -0.3 is 5.32 Å². The molecule has 0 aliphatic rings. The van der Waals surface area contributed by atoms with Crippen LogP contribution in [0.3, 0.4) is 0 Å². The Labute approximate surface area is 160 Å². The van der Waals surface area contributed by atoms with Crippen molar-refractivity contribution in [2.24, 2.45) is 0 Å². The van der Waals surface area contributed by atoms with Crippen LogP contribution in [0.4, 0.5) is 15.8 Å². The van der Waals surface area contributed by atoms with Crippen LogP contribution >= 0.6 is 11.6 Å². The molecule has 2 N–H and O–H groups in total. The minimum atomic E-state index is -4.22. The summed E-state index contributed by atoms with van der Waals surface area (Å²) in [5.41, 5.74) is 0.873. The van der Waals surface area contributed by atoms with E-state index in [9.17, 15) is 17.6 Å². The maximum Gasteiger partial charge on any atom is 0.264 e. The number of benzene rings is 2. The summed E-state index contributed by atoms with van der Waals surface area (Å²) in [4.78, 5) is 15.6. The Morgan fingerprint density at radius 2 is 1.70 bits per heavy atom. The summed E-state index contributed by atoms with van der Waals surface area (Å²) in [5, 5.41) is 2.36. The molecule has 27 heavy (non-hydrogen) atoms. The van der Waals surface area contributed by atoms with Crippen LogP contribution in [-0.4, -0.2) is 19.3 Å². The lowest BCUT2D eigenvalue weighted by atomic mass is 10.2. The van der Waals surface area contributed by atoms with E-state index >= 15 is 0 Å². The van der Waals surface area contributed by atoms with Gasteiger partial charge in [0.1, 0.15) is 4.90 Å². The minimum absolute atomic E-state index is 0.108. The number of amides is 1. The number of hydrogen-bond donors (Lipinski definition) is 2. The van der Waals surface area contributed by atoms with Crippen molar-refractivity contribution >= 4 is 38.9 Å². The molecule has 1 amide bonds. The van der Waals surface area contributed by atoms with Gasteiger partial charge in [-0.1, -0.05) is 23.7 Å². The average molecular weight is 406 g/mol. The maximum absolute atomic E-state index is 14.0. The SMILES string of the molecule is O=C(Nc1ccncc1)c1cccc(NS(=O)(=O)c2cccc(Cl)c2F)c1. The van der Waals surface area contributed by atoms with E-state index in [1.807, 2.05) is 0 Å². The molecule has 0 atom stereocenters. The molecular weight excluding hydrogens is 393 g/mol. The first kappa shape index (κ1) is 18.8. The molecule has 0 aliphatic heterocycles. The zero-order valence-corrected chi connectivity index (χ0v) is 15.3. The van der Waals surface area contributed by atoms with Crippen molar-refractivity contribution in [3.63, 3.8) is 0 Å². The van der Waals surface area contributed by atoms with Gasteiger partial charge in [0.05, 0.1) is 5.02 Å². The topological polar surface area (TPSA) is 88.2 Å². The van der Waals surface area contributed by atoms with Gasteiger partial charge in [0.2, 0.25) is 0 Å². The zero-order chi connectivity index (χ0) is 19.4. The number of hydrogen-bond acceptors (Lipinski definition) is 4. The fourth-order valence-corrected chi connectivity index (χ4v) is 3.65. The Kier molecular flexibility index (Phi) is 5.38. The van der Waals surface area contributed by atoms with E-state index in [1.54, 1.807) is 12.1 Å². The van der Waals surface area contributed by atoms with Gasteiger partial charge in [0.15, 0.2) is 5.82 Å². The van der Waals surface area contributed by atoms with Crippen LogP contribution in [0.1, 0.15) is 10.4 Å². The predicted molar refractivity (Wildman–Crippen MR) is 101 cm³/mol. The number of sulfonamides is 1. The Balaban J connectivity index is 1.83. The highest BCUT2D eigenvalue weighted by atomic mass is 35.5. The van der Waals surface area contributed by atoms with E-state index < -0.39 is 26.6 Å². The van der Waals surface area contributed by atoms with E-state index in [0.717, 1.165) is 6.07 Å². The summed E-state index contributed by atoms with van der Waals surface area (Å²) < 4.78 is 41.1. The van der Waals surface area contributed by atoms with E-state index in [-0.39, 0.29) is 16.3 Å². The second-order valence-electron chi connectivity index (χ2n) is 5.43.